The van der Waals surface area contributed by atoms with Gasteiger partial charge in [-0.2, -0.15) is 0 Å². The summed E-state index contributed by atoms with van der Waals surface area (Å²) in [7, 11) is 0. The first-order valence-electron chi connectivity index (χ1n) is 8.41. The quantitative estimate of drug-likeness (QED) is 0.525. The van der Waals surface area contributed by atoms with Crippen LogP contribution in [0.4, 0.5) is 11.4 Å². The minimum Gasteiger partial charge on any atom is -0.467 e. The molecule has 0 fully saturated rings. The van der Waals surface area contributed by atoms with Gasteiger partial charge in [0.1, 0.15) is 5.76 Å². The Balaban J connectivity index is 1.54. The molecule has 3 aromatic rings. The van der Waals surface area contributed by atoms with Gasteiger partial charge >= 0.3 is 0 Å². The molecule has 2 aromatic carbocycles. The summed E-state index contributed by atoms with van der Waals surface area (Å²) in [5, 5.41) is 9.08. The average Bonchev–Trinajstić information content (AvgIpc) is 3.22. The number of carbonyl (C=O) groups is 2. The smallest absolute Gasteiger partial charge is 0.251 e. The highest BCUT2D eigenvalue weighted by atomic mass is 35.5. The molecule has 1 aromatic heterocycles. The molecule has 0 aliphatic rings. The van der Waals surface area contributed by atoms with Crippen LogP contribution in [0, 0.1) is 0 Å². The van der Waals surface area contributed by atoms with Gasteiger partial charge in [0.15, 0.2) is 0 Å². The second kappa shape index (κ2) is 9.30. The van der Waals surface area contributed by atoms with Gasteiger partial charge in [-0.25, -0.2) is 0 Å². The third-order valence-electron chi connectivity index (χ3n) is 3.81. The van der Waals surface area contributed by atoms with Crippen molar-refractivity contribution in [2.24, 2.45) is 0 Å². The lowest BCUT2D eigenvalue weighted by Crippen LogP contribution is -2.23. The van der Waals surface area contributed by atoms with Crippen LogP contribution in [-0.2, 0) is 11.3 Å². The zero-order valence-electron chi connectivity index (χ0n) is 14.7. The molecular formula is C20H17Cl2N3O3. The summed E-state index contributed by atoms with van der Waals surface area (Å²) in [5.74, 6) is 0.131. The van der Waals surface area contributed by atoms with E-state index in [0.717, 1.165) is 0 Å². The average molecular weight is 418 g/mol. The van der Waals surface area contributed by atoms with E-state index >= 15 is 0 Å². The van der Waals surface area contributed by atoms with Crippen molar-refractivity contribution < 1.29 is 14.0 Å². The number of anilines is 2. The summed E-state index contributed by atoms with van der Waals surface area (Å²) in [6.07, 6.45) is 1.55. The number of rotatable bonds is 7. The predicted octanol–water partition coefficient (Wildman–Crippen LogP) is 4.57. The lowest BCUT2D eigenvalue weighted by molar-refractivity contribution is -0.114. The van der Waals surface area contributed by atoms with E-state index in [1.54, 1.807) is 60.9 Å². The largest absolute Gasteiger partial charge is 0.467 e. The molecular weight excluding hydrogens is 401 g/mol. The fourth-order valence-corrected chi connectivity index (χ4v) is 2.78. The summed E-state index contributed by atoms with van der Waals surface area (Å²) in [4.78, 5) is 24.4. The Kier molecular flexibility index (Phi) is 6.57. The van der Waals surface area contributed by atoms with E-state index in [1.807, 2.05) is 0 Å². The van der Waals surface area contributed by atoms with Crippen molar-refractivity contribution in [1.29, 1.82) is 0 Å². The summed E-state index contributed by atoms with van der Waals surface area (Å²) in [5.41, 5.74) is 1.54. The molecule has 0 saturated carbocycles. The zero-order valence-corrected chi connectivity index (χ0v) is 16.2. The van der Waals surface area contributed by atoms with E-state index in [4.69, 9.17) is 27.6 Å². The van der Waals surface area contributed by atoms with Crippen LogP contribution in [0.5, 0.6) is 0 Å². The first kappa shape index (κ1) is 19.8. The lowest BCUT2D eigenvalue weighted by atomic mass is 10.2. The highest BCUT2D eigenvalue weighted by Gasteiger charge is 2.10. The normalized spacial score (nSPS) is 10.4. The van der Waals surface area contributed by atoms with Gasteiger partial charge in [0.25, 0.3) is 5.91 Å². The van der Waals surface area contributed by atoms with Crippen LogP contribution >= 0.6 is 23.2 Å². The van der Waals surface area contributed by atoms with Gasteiger partial charge in [-0.1, -0.05) is 35.3 Å². The van der Waals surface area contributed by atoms with E-state index in [2.05, 4.69) is 16.0 Å². The molecule has 0 bridgehead atoms. The number of hydrogen-bond donors (Lipinski definition) is 3. The maximum absolute atomic E-state index is 12.3. The molecule has 1 heterocycles. The fraction of sp³-hybridized carbons (Fsp3) is 0.100. The third kappa shape index (κ3) is 5.28. The summed E-state index contributed by atoms with van der Waals surface area (Å²) >= 11 is 12.0. The molecule has 8 heteroatoms. The van der Waals surface area contributed by atoms with Crippen molar-refractivity contribution in [1.82, 2.24) is 5.32 Å². The van der Waals surface area contributed by atoms with Gasteiger partial charge < -0.3 is 20.4 Å². The number of nitrogens with one attached hydrogen (secondary N) is 3. The number of hydrogen-bond acceptors (Lipinski definition) is 4. The summed E-state index contributed by atoms with van der Waals surface area (Å²) in [6, 6.07) is 15.4. The second-order valence-corrected chi connectivity index (χ2v) is 6.63. The topological polar surface area (TPSA) is 83.4 Å². The standard InChI is InChI=1S/C20H17Cl2N3O3/c21-16-7-2-8-17(19(16)22)25-18(26)12-23-14-5-1-4-13(10-14)20(27)24-11-15-6-3-9-28-15/h1-10,23H,11-12H2,(H,24,27)(H,25,26). The fourth-order valence-electron chi connectivity index (χ4n) is 2.43. The molecule has 144 valence electrons. The first-order valence-corrected chi connectivity index (χ1v) is 9.17. The molecule has 6 nitrogen and oxygen atoms in total. The Morgan fingerprint density at radius 3 is 2.61 bits per heavy atom. The minimum atomic E-state index is -0.295. The van der Waals surface area contributed by atoms with E-state index in [-0.39, 0.29) is 23.4 Å². The van der Waals surface area contributed by atoms with E-state index in [9.17, 15) is 9.59 Å². The number of halogens is 2. The number of benzene rings is 2. The van der Waals surface area contributed by atoms with Gasteiger partial charge in [-0.15, -0.1) is 0 Å². The number of amides is 2. The van der Waals surface area contributed by atoms with Gasteiger partial charge in [0, 0.05) is 11.3 Å². The van der Waals surface area contributed by atoms with Crippen LogP contribution in [0.1, 0.15) is 16.1 Å². The molecule has 3 rings (SSSR count). The third-order valence-corrected chi connectivity index (χ3v) is 4.63. The molecule has 0 aliphatic heterocycles. The molecule has 3 N–H and O–H groups in total. The minimum absolute atomic E-state index is 0.000307. The van der Waals surface area contributed by atoms with Gasteiger partial charge in [-0.05, 0) is 42.5 Å². The zero-order chi connectivity index (χ0) is 19.9. The lowest BCUT2D eigenvalue weighted by Gasteiger charge is -2.11. The maximum atomic E-state index is 12.3. The Labute approximate surface area is 171 Å². The Hall–Kier alpha value is -2.96. The van der Waals surface area contributed by atoms with Crippen molar-refractivity contribution in [3.63, 3.8) is 0 Å². The highest BCUT2D eigenvalue weighted by molar-refractivity contribution is 6.44. The van der Waals surface area contributed by atoms with Crippen LogP contribution in [-0.4, -0.2) is 18.4 Å². The van der Waals surface area contributed by atoms with Crippen LogP contribution in [0.25, 0.3) is 0 Å². The number of carbonyl (C=O) groups excluding carboxylic acids is 2. The first-order chi connectivity index (χ1) is 13.5. The van der Waals surface area contributed by atoms with Crippen molar-refractivity contribution >= 4 is 46.4 Å². The van der Waals surface area contributed by atoms with Crippen LogP contribution in [0.15, 0.2) is 65.3 Å². The Morgan fingerprint density at radius 2 is 1.82 bits per heavy atom. The van der Waals surface area contributed by atoms with Crippen molar-refractivity contribution in [2.45, 2.75) is 6.54 Å². The van der Waals surface area contributed by atoms with E-state index < -0.39 is 0 Å². The molecule has 28 heavy (non-hydrogen) atoms. The van der Waals surface area contributed by atoms with Crippen molar-refractivity contribution in [2.75, 3.05) is 17.2 Å². The molecule has 0 saturated heterocycles. The molecule has 0 atom stereocenters. The SMILES string of the molecule is O=C(CNc1cccc(C(=O)NCc2ccco2)c1)Nc1cccc(Cl)c1Cl. The van der Waals surface area contributed by atoms with Crippen LogP contribution in [0.3, 0.4) is 0 Å². The molecule has 0 unspecified atom stereocenters. The maximum Gasteiger partial charge on any atom is 0.251 e. The van der Waals surface area contributed by atoms with Crippen molar-refractivity contribution in [3.8, 4) is 0 Å². The highest BCUT2D eigenvalue weighted by Crippen LogP contribution is 2.29. The van der Waals surface area contributed by atoms with Crippen LogP contribution in [0.2, 0.25) is 10.0 Å². The predicted molar refractivity (Wildman–Crippen MR) is 110 cm³/mol. The van der Waals surface area contributed by atoms with Crippen molar-refractivity contribution in [3.05, 3.63) is 82.2 Å². The monoisotopic (exact) mass is 417 g/mol. The molecule has 0 radical (unpaired) electrons. The molecule has 0 spiro atoms. The van der Waals surface area contributed by atoms with Gasteiger partial charge in [0.05, 0.1) is 35.1 Å². The van der Waals surface area contributed by atoms with E-state index in [0.29, 0.717) is 34.3 Å². The van der Waals surface area contributed by atoms with Gasteiger partial charge in [-0.3, -0.25) is 9.59 Å². The summed E-state index contributed by atoms with van der Waals surface area (Å²) < 4.78 is 5.18. The molecule has 0 aliphatic carbocycles. The summed E-state index contributed by atoms with van der Waals surface area (Å²) in [6.45, 7) is 0.298. The Bertz CT molecular complexity index is 975. The van der Waals surface area contributed by atoms with E-state index in [1.165, 1.54) is 0 Å². The molecule has 2 amide bonds. The number of furan rings is 1. The van der Waals surface area contributed by atoms with Gasteiger partial charge in [0.2, 0.25) is 5.91 Å². The Morgan fingerprint density at radius 1 is 1.00 bits per heavy atom. The second-order valence-electron chi connectivity index (χ2n) is 5.85. The van der Waals surface area contributed by atoms with Crippen LogP contribution < -0.4 is 16.0 Å².